The maximum Gasteiger partial charge on any atom is 0.140 e. The first-order valence-electron chi connectivity index (χ1n) is 4.62. The molecule has 1 atom stereocenters. The van der Waals surface area contributed by atoms with Crippen molar-refractivity contribution in [3.63, 3.8) is 0 Å². The molecule has 0 bridgehead atoms. The molecule has 0 amide bonds. The van der Waals surface area contributed by atoms with Crippen LogP contribution in [0.1, 0.15) is 23.2 Å². The number of aromatic nitrogens is 1. The van der Waals surface area contributed by atoms with Gasteiger partial charge in [0.2, 0.25) is 0 Å². The van der Waals surface area contributed by atoms with Crippen LogP contribution in [-0.2, 0) is 0 Å². The first-order valence-corrected chi connectivity index (χ1v) is 4.62. The zero-order valence-electron chi connectivity index (χ0n) is 8.34. The van der Waals surface area contributed by atoms with Crippen molar-refractivity contribution in [2.24, 2.45) is 0 Å². The SMILES string of the molecule is Cc1ccc(C(O)c2cnccc2N)o1. The highest BCUT2D eigenvalue weighted by Gasteiger charge is 2.16. The maximum atomic E-state index is 9.97. The van der Waals surface area contributed by atoms with Gasteiger partial charge < -0.3 is 15.3 Å². The van der Waals surface area contributed by atoms with E-state index in [-0.39, 0.29) is 0 Å². The number of aryl methyl sites for hydroxylation is 1. The molecule has 4 heteroatoms. The molecule has 0 aromatic carbocycles. The van der Waals surface area contributed by atoms with Crippen molar-refractivity contribution in [1.82, 2.24) is 4.98 Å². The molecule has 3 N–H and O–H groups in total. The Bertz CT molecular complexity index is 465. The predicted molar refractivity (Wildman–Crippen MR) is 56.2 cm³/mol. The summed E-state index contributed by atoms with van der Waals surface area (Å²) in [6.45, 7) is 1.82. The number of nitrogens with two attached hydrogens (primary N) is 1. The average molecular weight is 204 g/mol. The quantitative estimate of drug-likeness (QED) is 0.780. The zero-order chi connectivity index (χ0) is 10.8. The van der Waals surface area contributed by atoms with Gasteiger partial charge in [-0.15, -0.1) is 0 Å². The zero-order valence-corrected chi connectivity index (χ0v) is 8.34. The number of aliphatic hydroxyl groups is 1. The molecule has 2 rings (SSSR count). The molecule has 0 aliphatic carbocycles. The van der Waals surface area contributed by atoms with Gasteiger partial charge in [0.25, 0.3) is 0 Å². The fourth-order valence-corrected chi connectivity index (χ4v) is 1.40. The van der Waals surface area contributed by atoms with Crippen LogP contribution >= 0.6 is 0 Å². The molecule has 2 aromatic rings. The van der Waals surface area contributed by atoms with Gasteiger partial charge in [-0.2, -0.15) is 0 Å². The van der Waals surface area contributed by atoms with Crippen LogP contribution < -0.4 is 5.73 Å². The van der Waals surface area contributed by atoms with Gasteiger partial charge in [-0.3, -0.25) is 4.98 Å². The molecule has 0 radical (unpaired) electrons. The van der Waals surface area contributed by atoms with Crippen LogP contribution in [-0.4, -0.2) is 10.1 Å². The molecule has 0 spiro atoms. The van der Waals surface area contributed by atoms with E-state index in [1.54, 1.807) is 24.4 Å². The number of aliphatic hydroxyl groups excluding tert-OH is 1. The van der Waals surface area contributed by atoms with Crippen LogP contribution in [0.3, 0.4) is 0 Å². The topological polar surface area (TPSA) is 72.3 Å². The molecule has 1 unspecified atom stereocenters. The number of hydrogen-bond acceptors (Lipinski definition) is 4. The third-order valence-electron chi connectivity index (χ3n) is 2.21. The number of hydrogen-bond donors (Lipinski definition) is 2. The second-order valence-electron chi connectivity index (χ2n) is 3.36. The van der Waals surface area contributed by atoms with Crippen molar-refractivity contribution in [2.75, 3.05) is 5.73 Å². The molecule has 0 fully saturated rings. The Morgan fingerprint density at radius 2 is 2.20 bits per heavy atom. The van der Waals surface area contributed by atoms with Gasteiger partial charge in [-0.05, 0) is 25.1 Å². The second kappa shape index (κ2) is 3.74. The number of rotatable bonds is 2. The van der Waals surface area contributed by atoms with Crippen LogP contribution in [0, 0.1) is 6.92 Å². The highest BCUT2D eigenvalue weighted by Crippen LogP contribution is 2.26. The van der Waals surface area contributed by atoms with E-state index in [1.165, 1.54) is 6.20 Å². The summed E-state index contributed by atoms with van der Waals surface area (Å²) >= 11 is 0. The lowest BCUT2D eigenvalue weighted by atomic mass is 10.1. The molecule has 15 heavy (non-hydrogen) atoms. The van der Waals surface area contributed by atoms with E-state index in [2.05, 4.69) is 4.98 Å². The molecule has 2 aromatic heterocycles. The Labute approximate surface area is 87.4 Å². The maximum absolute atomic E-state index is 9.97. The van der Waals surface area contributed by atoms with Gasteiger partial charge in [0, 0.05) is 23.6 Å². The van der Waals surface area contributed by atoms with Gasteiger partial charge in [-0.1, -0.05) is 0 Å². The summed E-state index contributed by atoms with van der Waals surface area (Å²) in [6.07, 6.45) is 2.27. The fraction of sp³-hybridized carbons (Fsp3) is 0.182. The van der Waals surface area contributed by atoms with Gasteiger partial charge >= 0.3 is 0 Å². The first kappa shape index (κ1) is 9.73. The van der Waals surface area contributed by atoms with Crippen molar-refractivity contribution in [1.29, 1.82) is 0 Å². The average Bonchev–Trinajstić information content (AvgIpc) is 2.65. The van der Waals surface area contributed by atoms with E-state index < -0.39 is 6.10 Å². The Morgan fingerprint density at radius 3 is 2.80 bits per heavy atom. The summed E-state index contributed by atoms with van der Waals surface area (Å²) in [5.74, 6) is 1.23. The minimum atomic E-state index is -0.854. The first-order chi connectivity index (χ1) is 7.18. The number of nitrogen functional groups attached to an aromatic ring is 1. The standard InChI is InChI=1S/C11H12N2O2/c1-7-2-3-10(15-7)11(14)8-6-13-5-4-9(8)12/h2-6,11,14H,1H3,(H2,12,13). The summed E-state index contributed by atoms with van der Waals surface area (Å²) in [7, 11) is 0. The van der Waals surface area contributed by atoms with Crippen LogP contribution in [0.15, 0.2) is 35.0 Å². The van der Waals surface area contributed by atoms with Crippen LogP contribution in [0.5, 0.6) is 0 Å². The van der Waals surface area contributed by atoms with E-state index in [9.17, 15) is 5.11 Å². The number of pyridine rings is 1. The van der Waals surface area contributed by atoms with Gasteiger partial charge in [0.05, 0.1) is 0 Å². The third-order valence-corrected chi connectivity index (χ3v) is 2.21. The van der Waals surface area contributed by atoms with Gasteiger partial charge in [0.1, 0.15) is 17.6 Å². The Hall–Kier alpha value is -1.81. The molecular weight excluding hydrogens is 192 g/mol. The highest BCUT2D eigenvalue weighted by atomic mass is 16.4. The molecule has 4 nitrogen and oxygen atoms in total. The molecule has 2 heterocycles. The summed E-state index contributed by atoms with van der Waals surface area (Å²) in [5, 5.41) is 9.97. The van der Waals surface area contributed by atoms with Gasteiger partial charge in [-0.25, -0.2) is 0 Å². The van der Waals surface area contributed by atoms with Crippen molar-refractivity contribution < 1.29 is 9.52 Å². The van der Waals surface area contributed by atoms with Crippen molar-refractivity contribution in [3.8, 4) is 0 Å². The van der Waals surface area contributed by atoms with Crippen molar-refractivity contribution >= 4 is 5.69 Å². The largest absolute Gasteiger partial charge is 0.463 e. The third kappa shape index (κ3) is 1.85. The monoisotopic (exact) mass is 204 g/mol. The van der Waals surface area contributed by atoms with E-state index >= 15 is 0 Å². The summed E-state index contributed by atoms with van der Waals surface area (Å²) in [5.41, 5.74) is 6.79. The minimum absolute atomic E-state index is 0.479. The molecular formula is C11H12N2O2. The summed E-state index contributed by atoms with van der Waals surface area (Å²) < 4.78 is 5.32. The number of furan rings is 1. The minimum Gasteiger partial charge on any atom is -0.463 e. The van der Waals surface area contributed by atoms with E-state index in [0.29, 0.717) is 17.0 Å². The lowest BCUT2D eigenvalue weighted by Gasteiger charge is -2.09. The van der Waals surface area contributed by atoms with Crippen molar-refractivity contribution in [2.45, 2.75) is 13.0 Å². The molecule has 0 aliphatic rings. The molecule has 78 valence electrons. The Kier molecular flexibility index (Phi) is 2.43. The molecule has 0 saturated heterocycles. The number of nitrogens with zero attached hydrogens (tertiary/aromatic N) is 1. The van der Waals surface area contributed by atoms with Crippen LogP contribution in [0.4, 0.5) is 5.69 Å². The molecule has 0 saturated carbocycles. The normalized spacial score (nSPS) is 12.7. The Morgan fingerprint density at radius 1 is 1.40 bits per heavy atom. The van der Waals surface area contributed by atoms with E-state index in [4.69, 9.17) is 10.2 Å². The fourth-order valence-electron chi connectivity index (χ4n) is 1.40. The Balaban J connectivity index is 2.36. The van der Waals surface area contributed by atoms with Crippen LogP contribution in [0.2, 0.25) is 0 Å². The smallest absolute Gasteiger partial charge is 0.140 e. The van der Waals surface area contributed by atoms with E-state index in [0.717, 1.165) is 5.76 Å². The summed E-state index contributed by atoms with van der Waals surface area (Å²) in [6, 6.07) is 5.17. The van der Waals surface area contributed by atoms with Crippen LogP contribution in [0.25, 0.3) is 0 Å². The van der Waals surface area contributed by atoms with Crippen molar-refractivity contribution in [3.05, 3.63) is 47.7 Å². The predicted octanol–water partition coefficient (Wildman–Crippen LogP) is 1.65. The lowest BCUT2D eigenvalue weighted by Crippen LogP contribution is -2.03. The molecule has 0 aliphatic heterocycles. The van der Waals surface area contributed by atoms with Gasteiger partial charge in [0.15, 0.2) is 0 Å². The van der Waals surface area contributed by atoms with E-state index in [1.807, 2.05) is 6.92 Å². The number of anilines is 1. The highest BCUT2D eigenvalue weighted by molar-refractivity contribution is 5.47. The second-order valence-corrected chi connectivity index (χ2v) is 3.36. The summed E-state index contributed by atoms with van der Waals surface area (Å²) in [4.78, 5) is 3.92. The lowest BCUT2D eigenvalue weighted by molar-refractivity contribution is 0.188.